The van der Waals surface area contributed by atoms with Gasteiger partial charge >= 0.3 is 5.97 Å². The third-order valence-corrected chi connectivity index (χ3v) is 3.91. The average molecular weight is 308 g/mol. The van der Waals surface area contributed by atoms with Crippen LogP contribution in [0, 0.1) is 18.3 Å². The second-order valence-corrected chi connectivity index (χ2v) is 5.52. The topological polar surface area (TPSA) is 57.5 Å². The summed E-state index contributed by atoms with van der Waals surface area (Å²) in [7, 11) is 0. The first-order chi connectivity index (χ1) is 11.1. The van der Waals surface area contributed by atoms with Crippen molar-refractivity contribution in [2.45, 2.75) is 25.4 Å². The number of aliphatic hydroxyl groups is 1. The minimum absolute atomic E-state index is 0.0451. The van der Waals surface area contributed by atoms with E-state index in [1.165, 1.54) is 0 Å². The molecule has 0 radical (unpaired) electrons. The van der Waals surface area contributed by atoms with Gasteiger partial charge in [0, 0.05) is 6.42 Å². The van der Waals surface area contributed by atoms with Gasteiger partial charge in [-0.2, -0.15) is 0 Å². The van der Waals surface area contributed by atoms with Crippen molar-refractivity contribution in [1.82, 2.24) is 0 Å². The van der Waals surface area contributed by atoms with Crippen molar-refractivity contribution in [2.75, 3.05) is 0 Å². The molecule has 2 aromatic carbocycles. The molecule has 0 saturated carbocycles. The largest absolute Gasteiger partial charge is 0.481 e. The number of terminal acetylenes is 1. The normalized spacial score (nSPS) is 13.0. The Labute approximate surface area is 136 Å². The molecule has 0 amide bonds. The third kappa shape index (κ3) is 4.70. The van der Waals surface area contributed by atoms with Gasteiger partial charge in [0.15, 0.2) is 0 Å². The number of carboxylic acid groups (broad SMARTS) is 1. The van der Waals surface area contributed by atoms with E-state index in [0.29, 0.717) is 12.8 Å². The molecule has 3 heteroatoms. The van der Waals surface area contributed by atoms with E-state index >= 15 is 0 Å². The Morgan fingerprint density at radius 2 is 1.65 bits per heavy atom. The van der Waals surface area contributed by atoms with Crippen LogP contribution in [0.3, 0.4) is 0 Å². The fourth-order valence-corrected chi connectivity index (χ4v) is 2.53. The highest BCUT2D eigenvalue weighted by atomic mass is 16.4. The Hall–Kier alpha value is -2.57. The van der Waals surface area contributed by atoms with Crippen LogP contribution in [0.4, 0.5) is 0 Å². The van der Waals surface area contributed by atoms with Gasteiger partial charge in [0.25, 0.3) is 0 Å². The first-order valence-corrected chi connectivity index (χ1v) is 7.60. The smallest absolute Gasteiger partial charge is 0.310 e. The lowest BCUT2D eigenvalue weighted by Crippen LogP contribution is -2.28. The van der Waals surface area contributed by atoms with E-state index in [-0.39, 0.29) is 6.42 Å². The molecule has 2 atom stereocenters. The summed E-state index contributed by atoms with van der Waals surface area (Å²) in [5.41, 5.74) is 3.35. The Bertz CT molecular complexity index is 668. The lowest BCUT2D eigenvalue weighted by atomic mass is 9.93. The summed E-state index contributed by atoms with van der Waals surface area (Å²) in [6.45, 7) is 0. The Morgan fingerprint density at radius 1 is 1.04 bits per heavy atom. The van der Waals surface area contributed by atoms with Crippen molar-refractivity contribution in [2.24, 2.45) is 5.92 Å². The monoisotopic (exact) mass is 308 g/mol. The number of aliphatic carboxylic acids is 1. The summed E-state index contributed by atoms with van der Waals surface area (Å²) in [4.78, 5) is 11.1. The molecular weight excluding hydrogens is 288 g/mol. The molecule has 118 valence electrons. The van der Waals surface area contributed by atoms with Crippen molar-refractivity contribution in [3.8, 4) is 23.5 Å². The molecule has 0 aliphatic heterocycles. The fourth-order valence-electron chi connectivity index (χ4n) is 2.53. The highest BCUT2D eigenvalue weighted by Crippen LogP contribution is 2.21. The van der Waals surface area contributed by atoms with E-state index in [1.54, 1.807) is 0 Å². The molecule has 0 saturated heterocycles. The van der Waals surface area contributed by atoms with Gasteiger partial charge in [0.2, 0.25) is 0 Å². The van der Waals surface area contributed by atoms with E-state index in [9.17, 15) is 9.90 Å². The predicted octanol–water partition coefficient (Wildman–Crippen LogP) is 3.37. The van der Waals surface area contributed by atoms with Crippen LogP contribution in [0.2, 0.25) is 0 Å². The van der Waals surface area contributed by atoms with Crippen LogP contribution in [-0.2, 0) is 11.2 Å². The van der Waals surface area contributed by atoms with Gasteiger partial charge in [-0.05, 0) is 29.5 Å². The lowest BCUT2D eigenvalue weighted by Gasteiger charge is -2.17. The predicted molar refractivity (Wildman–Crippen MR) is 90.8 cm³/mol. The maximum Gasteiger partial charge on any atom is 0.310 e. The van der Waals surface area contributed by atoms with Crippen LogP contribution in [0.5, 0.6) is 0 Å². The van der Waals surface area contributed by atoms with Crippen molar-refractivity contribution in [1.29, 1.82) is 0 Å². The van der Waals surface area contributed by atoms with Gasteiger partial charge in [-0.15, -0.1) is 12.3 Å². The van der Waals surface area contributed by atoms with Gasteiger partial charge in [0.05, 0.1) is 12.0 Å². The third-order valence-electron chi connectivity index (χ3n) is 3.91. The Kier molecular flexibility index (Phi) is 5.96. The van der Waals surface area contributed by atoms with Gasteiger partial charge < -0.3 is 10.2 Å². The second kappa shape index (κ2) is 8.17. The van der Waals surface area contributed by atoms with Crippen LogP contribution < -0.4 is 0 Å². The summed E-state index contributed by atoms with van der Waals surface area (Å²) in [6.07, 6.45) is 5.27. The fraction of sp³-hybridized carbons (Fsp3) is 0.250. The number of carbonyl (C=O) groups is 1. The molecule has 3 nitrogen and oxygen atoms in total. The number of aliphatic hydroxyl groups excluding tert-OH is 1. The zero-order valence-corrected chi connectivity index (χ0v) is 12.9. The van der Waals surface area contributed by atoms with E-state index in [0.717, 1.165) is 16.7 Å². The van der Waals surface area contributed by atoms with Gasteiger partial charge in [-0.1, -0.05) is 54.6 Å². The molecule has 2 aromatic rings. The Balaban J connectivity index is 1.96. The quantitative estimate of drug-likeness (QED) is 0.771. The van der Waals surface area contributed by atoms with Crippen LogP contribution in [0.15, 0.2) is 54.6 Å². The molecule has 0 aliphatic carbocycles. The number of aryl methyl sites for hydroxylation is 1. The lowest BCUT2D eigenvalue weighted by molar-refractivity contribution is -0.145. The minimum Gasteiger partial charge on any atom is -0.481 e. The second-order valence-electron chi connectivity index (χ2n) is 5.52. The maximum absolute atomic E-state index is 11.1. The van der Waals surface area contributed by atoms with Crippen molar-refractivity contribution < 1.29 is 15.0 Å². The maximum atomic E-state index is 11.1. The summed E-state index contributed by atoms with van der Waals surface area (Å²) in [6, 6.07) is 18.2. The van der Waals surface area contributed by atoms with Crippen LogP contribution in [0.25, 0.3) is 11.1 Å². The molecule has 2 N–H and O–H groups in total. The molecular formula is C20H20O3. The summed E-state index contributed by atoms with van der Waals surface area (Å²) in [5, 5.41) is 19.1. The van der Waals surface area contributed by atoms with Gasteiger partial charge in [-0.25, -0.2) is 0 Å². The first kappa shape index (κ1) is 16.8. The van der Waals surface area contributed by atoms with E-state index in [1.807, 2.05) is 42.5 Å². The van der Waals surface area contributed by atoms with Crippen molar-refractivity contribution in [3.63, 3.8) is 0 Å². The van der Waals surface area contributed by atoms with E-state index < -0.39 is 18.0 Å². The number of benzene rings is 2. The molecule has 0 aromatic heterocycles. The molecule has 0 bridgehead atoms. The van der Waals surface area contributed by atoms with Crippen LogP contribution in [-0.4, -0.2) is 22.3 Å². The molecule has 0 fully saturated rings. The number of hydrogen-bond acceptors (Lipinski definition) is 2. The SMILES string of the molecule is C#CCC(C(=O)O)C(O)CCc1ccc(-c2ccccc2)cc1. The zero-order valence-electron chi connectivity index (χ0n) is 12.9. The van der Waals surface area contributed by atoms with Crippen molar-refractivity contribution in [3.05, 3.63) is 60.2 Å². The molecule has 2 rings (SSSR count). The molecule has 0 heterocycles. The molecule has 0 spiro atoms. The van der Waals surface area contributed by atoms with Crippen LogP contribution >= 0.6 is 0 Å². The molecule has 23 heavy (non-hydrogen) atoms. The van der Waals surface area contributed by atoms with Crippen molar-refractivity contribution >= 4 is 5.97 Å². The minimum atomic E-state index is -1.05. The molecule has 0 aliphatic rings. The summed E-state index contributed by atoms with van der Waals surface area (Å²) >= 11 is 0. The summed E-state index contributed by atoms with van der Waals surface area (Å²) in [5.74, 6) is 0.367. The Morgan fingerprint density at radius 3 is 2.22 bits per heavy atom. The van der Waals surface area contributed by atoms with E-state index in [2.05, 4.69) is 18.1 Å². The van der Waals surface area contributed by atoms with Crippen LogP contribution in [0.1, 0.15) is 18.4 Å². The standard InChI is InChI=1S/C20H20O3/c1-2-6-18(20(22)23)19(21)14-11-15-9-12-17(13-10-15)16-7-4-3-5-8-16/h1,3-5,7-10,12-13,18-19,21H,6,11,14H2,(H,22,23). The molecule has 2 unspecified atom stereocenters. The first-order valence-electron chi connectivity index (χ1n) is 7.60. The highest BCUT2D eigenvalue weighted by molar-refractivity contribution is 5.71. The van der Waals surface area contributed by atoms with Gasteiger partial charge in [0.1, 0.15) is 0 Å². The number of hydrogen-bond donors (Lipinski definition) is 2. The average Bonchev–Trinajstić information content (AvgIpc) is 2.58. The number of rotatable bonds is 7. The van der Waals surface area contributed by atoms with Gasteiger partial charge in [-0.3, -0.25) is 4.79 Å². The zero-order chi connectivity index (χ0) is 16.7. The summed E-state index contributed by atoms with van der Waals surface area (Å²) < 4.78 is 0. The highest BCUT2D eigenvalue weighted by Gasteiger charge is 2.25. The van der Waals surface area contributed by atoms with E-state index in [4.69, 9.17) is 11.5 Å². The number of carboxylic acids is 1.